The van der Waals surface area contributed by atoms with E-state index in [-0.39, 0.29) is 25.0 Å². The number of hydrogen-bond acceptors (Lipinski definition) is 4. The Morgan fingerprint density at radius 2 is 2.20 bits per heavy atom. The van der Waals surface area contributed by atoms with Gasteiger partial charge in [-0.1, -0.05) is 0 Å². The predicted molar refractivity (Wildman–Crippen MR) is 68.1 cm³/mol. The second-order valence-corrected chi connectivity index (χ2v) is 7.22. The molecule has 0 saturated heterocycles. The Hall–Kier alpha value is 0.340. The maximum Gasteiger partial charge on any atom is 0.250 e. The summed E-state index contributed by atoms with van der Waals surface area (Å²) in [5, 5.41) is 0. The molecule has 15 heavy (non-hydrogen) atoms. The Bertz CT molecular complexity index is 407. The number of rotatable bonds is 4. The van der Waals surface area contributed by atoms with Crippen molar-refractivity contribution in [1.29, 1.82) is 0 Å². The Balaban J connectivity index is 0.00000196. The first-order chi connectivity index (χ1) is 6.45. The number of nitrogens with one attached hydrogen (secondary N) is 1. The van der Waals surface area contributed by atoms with Gasteiger partial charge in [-0.3, -0.25) is 0 Å². The lowest BCUT2D eigenvalue weighted by molar-refractivity contribution is 0.564. The zero-order valence-electron chi connectivity index (χ0n) is 7.94. The topological polar surface area (TPSA) is 72.2 Å². The van der Waals surface area contributed by atoms with E-state index in [0.717, 1.165) is 3.79 Å². The van der Waals surface area contributed by atoms with Gasteiger partial charge in [-0.2, -0.15) is 0 Å². The average Bonchev–Trinajstić information content (AvgIpc) is 2.51. The average molecular weight is 336 g/mol. The molecule has 8 heteroatoms. The van der Waals surface area contributed by atoms with Crippen molar-refractivity contribution in [3.8, 4) is 0 Å². The summed E-state index contributed by atoms with van der Waals surface area (Å²) >= 11 is 4.38. The zero-order chi connectivity index (χ0) is 10.8. The first-order valence-corrected chi connectivity index (χ1v) is 7.02. The maximum atomic E-state index is 11.6. The van der Waals surface area contributed by atoms with Crippen LogP contribution in [0.3, 0.4) is 0 Å². The fourth-order valence-corrected chi connectivity index (χ4v) is 4.10. The van der Waals surface area contributed by atoms with E-state index >= 15 is 0 Å². The molecule has 0 fully saturated rings. The summed E-state index contributed by atoms with van der Waals surface area (Å²) in [6.45, 7) is 2.01. The highest BCUT2D eigenvalue weighted by Crippen LogP contribution is 2.25. The van der Waals surface area contributed by atoms with Crippen LogP contribution in [0.4, 0.5) is 0 Å². The van der Waals surface area contributed by atoms with Gasteiger partial charge in [-0.25, -0.2) is 13.1 Å². The Labute approximate surface area is 108 Å². The Kier molecular flexibility index (Phi) is 6.31. The van der Waals surface area contributed by atoms with Gasteiger partial charge in [0.1, 0.15) is 4.21 Å². The molecule has 0 aromatic carbocycles. The molecule has 0 radical (unpaired) electrons. The molecule has 0 spiro atoms. The Morgan fingerprint density at radius 3 is 2.60 bits per heavy atom. The minimum atomic E-state index is -3.39. The molecule has 0 saturated carbocycles. The van der Waals surface area contributed by atoms with Gasteiger partial charge in [-0.15, -0.1) is 23.7 Å². The van der Waals surface area contributed by atoms with Crippen LogP contribution in [0.5, 0.6) is 0 Å². The third-order valence-electron chi connectivity index (χ3n) is 1.52. The summed E-state index contributed by atoms with van der Waals surface area (Å²) in [6.07, 6.45) is 0. The lowest BCUT2D eigenvalue weighted by Gasteiger charge is -2.09. The van der Waals surface area contributed by atoms with E-state index in [1.807, 2.05) is 0 Å². The second-order valence-electron chi connectivity index (χ2n) is 2.82. The molecule has 0 bridgehead atoms. The van der Waals surface area contributed by atoms with Crippen molar-refractivity contribution in [2.45, 2.75) is 17.2 Å². The van der Waals surface area contributed by atoms with E-state index in [2.05, 4.69) is 20.7 Å². The molecule has 1 rings (SSSR count). The van der Waals surface area contributed by atoms with Crippen LogP contribution < -0.4 is 10.5 Å². The highest BCUT2D eigenvalue weighted by Gasteiger charge is 2.18. The first-order valence-electron chi connectivity index (χ1n) is 3.93. The molecule has 1 heterocycles. The normalized spacial score (nSPS) is 13.3. The van der Waals surface area contributed by atoms with Crippen LogP contribution in [-0.2, 0) is 10.0 Å². The van der Waals surface area contributed by atoms with Gasteiger partial charge in [0.15, 0.2) is 0 Å². The molecular weight excluding hydrogens is 324 g/mol. The molecule has 1 aromatic rings. The van der Waals surface area contributed by atoms with E-state index in [0.29, 0.717) is 4.21 Å². The number of sulfonamides is 1. The molecule has 0 aliphatic carbocycles. The largest absolute Gasteiger partial charge is 0.329 e. The lowest BCUT2D eigenvalue weighted by atomic mass is 10.4. The summed E-state index contributed by atoms with van der Waals surface area (Å²) in [7, 11) is -3.39. The van der Waals surface area contributed by atoms with Crippen LogP contribution in [0.15, 0.2) is 20.1 Å². The van der Waals surface area contributed by atoms with Crippen LogP contribution in [0.25, 0.3) is 0 Å². The van der Waals surface area contributed by atoms with E-state index in [4.69, 9.17) is 5.73 Å². The van der Waals surface area contributed by atoms with Crippen molar-refractivity contribution in [3.05, 3.63) is 15.9 Å². The van der Waals surface area contributed by atoms with Crippen molar-refractivity contribution in [3.63, 3.8) is 0 Å². The molecule has 0 aliphatic heterocycles. The molecule has 88 valence electrons. The molecule has 0 amide bonds. The van der Waals surface area contributed by atoms with Crippen molar-refractivity contribution >= 4 is 49.7 Å². The van der Waals surface area contributed by atoms with Crippen LogP contribution in [-0.4, -0.2) is 21.0 Å². The molecule has 3 N–H and O–H groups in total. The van der Waals surface area contributed by atoms with Gasteiger partial charge in [-0.05, 0) is 35.0 Å². The number of thiophene rings is 1. The van der Waals surface area contributed by atoms with Crippen molar-refractivity contribution in [1.82, 2.24) is 4.72 Å². The summed E-state index contributed by atoms with van der Waals surface area (Å²) < 4.78 is 26.8. The van der Waals surface area contributed by atoms with Crippen molar-refractivity contribution in [2.75, 3.05) is 6.54 Å². The first kappa shape index (κ1) is 15.3. The van der Waals surface area contributed by atoms with Gasteiger partial charge < -0.3 is 5.73 Å². The zero-order valence-corrected chi connectivity index (χ0v) is 12.0. The van der Waals surface area contributed by atoms with E-state index in [9.17, 15) is 8.42 Å². The highest BCUT2D eigenvalue weighted by molar-refractivity contribution is 9.11. The van der Waals surface area contributed by atoms with E-state index in [1.54, 1.807) is 19.1 Å². The standard InChI is InChI=1S/C7H11BrN2O2S2.ClH/c1-5(4-9)10-14(11,12)7-3-2-6(8)13-7;/h2-3,5,10H,4,9H2,1H3;1H/t5-;/m0./s1. The SMILES string of the molecule is C[C@@H](CN)NS(=O)(=O)c1ccc(Br)s1.Cl. The molecule has 4 nitrogen and oxygen atoms in total. The van der Waals surface area contributed by atoms with Gasteiger partial charge in [0.25, 0.3) is 0 Å². The van der Waals surface area contributed by atoms with Crippen LogP contribution in [0, 0.1) is 0 Å². The van der Waals surface area contributed by atoms with Crippen LogP contribution >= 0.6 is 39.7 Å². The van der Waals surface area contributed by atoms with E-state index < -0.39 is 10.0 Å². The van der Waals surface area contributed by atoms with Crippen LogP contribution in [0.2, 0.25) is 0 Å². The molecular formula is C7H12BrClN2O2S2. The second kappa shape index (κ2) is 6.17. The fourth-order valence-electron chi connectivity index (χ4n) is 0.813. The van der Waals surface area contributed by atoms with Crippen molar-refractivity contribution in [2.24, 2.45) is 5.73 Å². The molecule has 0 unspecified atom stereocenters. The maximum absolute atomic E-state index is 11.6. The monoisotopic (exact) mass is 334 g/mol. The highest BCUT2D eigenvalue weighted by atomic mass is 79.9. The van der Waals surface area contributed by atoms with Gasteiger partial charge in [0.05, 0.1) is 3.79 Å². The third kappa shape index (κ3) is 4.38. The van der Waals surface area contributed by atoms with E-state index in [1.165, 1.54) is 11.3 Å². The number of hydrogen-bond donors (Lipinski definition) is 2. The quantitative estimate of drug-likeness (QED) is 0.877. The lowest BCUT2D eigenvalue weighted by Crippen LogP contribution is -2.37. The summed E-state index contributed by atoms with van der Waals surface area (Å²) in [4.78, 5) is 0. The van der Waals surface area contributed by atoms with Gasteiger partial charge in [0, 0.05) is 12.6 Å². The Morgan fingerprint density at radius 1 is 1.60 bits per heavy atom. The summed E-state index contributed by atoms with van der Waals surface area (Å²) in [5.41, 5.74) is 5.33. The minimum absolute atomic E-state index is 0. The van der Waals surface area contributed by atoms with Gasteiger partial charge >= 0.3 is 0 Å². The number of halogens is 2. The minimum Gasteiger partial charge on any atom is -0.329 e. The summed E-state index contributed by atoms with van der Waals surface area (Å²) in [5.74, 6) is 0. The fraction of sp³-hybridized carbons (Fsp3) is 0.429. The smallest absolute Gasteiger partial charge is 0.250 e. The number of nitrogens with two attached hydrogens (primary N) is 1. The third-order valence-corrected chi connectivity index (χ3v) is 5.23. The molecule has 1 aromatic heterocycles. The summed E-state index contributed by atoms with van der Waals surface area (Å²) in [6, 6.07) is 3.01. The van der Waals surface area contributed by atoms with Crippen LogP contribution in [0.1, 0.15) is 6.92 Å². The predicted octanol–water partition coefficient (Wildman–Crippen LogP) is 1.56. The van der Waals surface area contributed by atoms with Crippen molar-refractivity contribution < 1.29 is 8.42 Å². The molecule has 0 aliphatic rings. The molecule has 1 atom stereocenters. The van der Waals surface area contributed by atoms with Gasteiger partial charge in [0.2, 0.25) is 10.0 Å².